The molecule has 2 aromatic carbocycles. The molecular formula is C19H25NO. The molecule has 2 rings (SSSR count). The maximum absolute atomic E-state index is 5.47. The zero-order chi connectivity index (χ0) is 15.1. The lowest BCUT2D eigenvalue weighted by Crippen LogP contribution is -2.20. The smallest absolute Gasteiger partial charge is 0.119 e. The summed E-state index contributed by atoms with van der Waals surface area (Å²) in [6, 6.07) is 17.5. The van der Waals surface area contributed by atoms with E-state index < -0.39 is 0 Å². The molecule has 0 saturated heterocycles. The number of rotatable bonds is 7. The number of hydrogen-bond acceptors (Lipinski definition) is 2. The molecule has 112 valence electrons. The number of nitrogens with one attached hydrogen (secondary N) is 1. The molecule has 0 aliphatic rings. The largest absolute Gasteiger partial charge is 0.494 e. The second-order valence-electron chi connectivity index (χ2n) is 5.33. The van der Waals surface area contributed by atoms with Crippen LogP contribution >= 0.6 is 0 Å². The second-order valence-corrected chi connectivity index (χ2v) is 5.33. The van der Waals surface area contributed by atoms with Crippen LogP contribution in [0.2, 0.25) is 0 Å². The van der Waals surface area contributed by atoms with E-state index in [0.29, 0.717) is 12.6 Å². The molecule has 2 heteroatoms. The molecule has 2 aromatic rings. The Labute approximate surface area is 128 Å². The first-order chi connectivity index (χ1) is 10.2. The fourth-order valence-corrected chi connectivity index (χ4v) is 2.41. The van der Waals surface area contributed by atoms with Gasteiger partial charge in [-0.2, -0.15) is 0 Å². The Morgan fingerprint density at radius 3 is 2.19 bits per heavy atom. The first-order valence-electron chi connectivity index (χ1n) is 7.74. The van der Waals surface area contributed by atoms with Gasteiger partial charge in [0.15, 0.2) is 0 Å². The van der Waals surface area contributed by atoms with Crippen LogP contribution in [0.1, 0.15) is 43.0 Å². The summed E-state index contributed by atoms with van der Waals surface area (Å²) < 4.78 is 5.47. The van der Waals surface area contributed by atoms with E-state index >= 15 is 0 Å². The van der Waals surface area contributed by atoms with Gasteiger partial charge < -0.3 is 10.1 Å². The Kier molecular flexibility index (Phi) is 5.82. The monoisotopic (exact) mass is 283 g/mol. The summed E-state index contributed by atoms with van der Waals surface area (Å²) in [4.78, 5) is 0. The number of benzene rings is 2. The molecule has 0 heterocycles. The van der Waals surface area contributed by atoms with Crippen LogP contribution in [0.25, 0.3) is 0 Å². The van der Waals surface area contributed by atoms with Gasteiger partial charge in [0.2, 0.25) is 0 Å². The lowest BCUT2D eigenvalue weighted by atomic mass is 10.0. The first-order valence-corrected chi connectivity index (χ1v) is 7.74. The lowest BCUT2D eigenvalue weighted by Gasteiger charge is -2.18. The van der Waals surface area contributed by atoms with Crippen LogP contribution in [0.15, 0.2) is 48.5 Å². The first kappa shape index (κ1) is 15.6. The molecule has 0 bridgehead atoms. The van der Waals surface area contributed by atoms with E-state index in [1.807, 2.05) is 19.1 Å². The summed E-state index contributed by atoms with van der Waals surface area (Å²) in [7, 11) is 0. The van der Waals surface area contributed by atoms with E-state index in [1.54, 1.807) is 0 Å². The number of ether oxygens (including phenoxy) is 1. The molecule has 1 N–H and O–H groups in total. The zero-order valence-corrected chi connectivity index (χ0v) is 13.2. The van der Waals surface area contributed by atoms with Gasteiger partial charge in [0.05, 0.1) is 6.61 Å². The summed E-state index contributed by atoms with van der Waals surface area (Å²) in [5, 5.41) is 3.63. The maximum Gasteiger partial charge on any atom is 0.119 e. The van der Waals surface area contributed by atoms with Gasteiger partial charge in [0.1, 0.15) is 5.75 Å². The summed E-state index contributed by atoms with van der Waals surface area (Å²) in [6.07, 6.45) is 1.08. The van der Waals surface area contributed by atoms with E-state index in [2.05, 4.69) is 55.6 Å². The second kappa shape index (κ2) is 7.84. The van der Waals surface area contributed by atoms with Crippen molar-refractivity contribution in [2.24, 2.45) is 0 Å². The average Bonchev–Trinajstić information content (AvgIpc) is 2.51. The molecule has 2 nitrogen and oxygen atoms in total. The number of hydrogen-bond donors (Lipinski definition) is 1. The molecule has 0 aliphatic carbocycles. The minimum atomic E-state index is 0.400. The van der Waals surface area contributed by atoms with Gasteiger partial charge in [-0.25, -0.2) is 0 Å². The van der Waals surface area contributed by atoms with Gasteiger partial charge >= 0.3 is 0 Å². The van der Waals surface area contributed by atoms with Crippen LogP contribution in [0.4, 0.5) is 0 Å². The van der Waals surface area contributed by atoms with Crippen LogP contribution in [0.5, 0.6) is 5.75 Å². The van der Waals surface area contributed by atoms with E-state index in [-0.39, 0.29) is 0 Å². The van der Waals surface area contributed by atoms with Crippen molar-refractivity contribution in [3.05, 3.63) is 65.2 Å². The Bertz CT molecular complexity index is 530. The summed E-state index contributed by atoms with van der Waals surface area (Å²) in [5.41, 5.74) is 3.94. The van der Waals surface area contributed by atoms with Gasteiger partial charge in [-0.3, -0.25) is 0 Å². The maximum atomic E-state index is 5.47. The molecule has 0 saturated carbocycles. The highest BCUT2D eigenvalue weighted by Gasteiger charge is 2.08. The highest BCUT2D eigenvalue weighted by molar-refractivity contribution is 5.28. The standard InChI is InChI=1S/C19H25NO/c1-4-19(17-10-6-15(3)7-11-17)20-14-16-8-12-18(13-9-16)21-5-2/h6-13,19-20H,4-5,14H2,1-3H3. The van der Waals surface area contributed by atoms with Crippen molar-refractivity contribution in [1.29, 1.82) is 0 Å². The zero-order valence-electron chi connectivity index (χ0n) is 13.2. The van der Waals surface area contributed by atoms with E-state index in [1.165, 1.54) is 16.7 Å². The Hall–Kier alpha value is -1.80. The molecule has 0 aromatic heterocycles. The van der Waals surface area contributed by atoms with Crippen LogP contribution < -0.4 is 10.1 Å². The van der Waals surface area contributed by atoms with Crippen molar-refractivity contribution in [2.75, 3.05) is 6.61 Å². The lowest BCUT2D eigenvalue weighted by molar-refractivity contribution is 0.340. The fraction of sp³-hybridized carbons (Fsp3) is 0.368. The number of aryl methyl sites for hydroxylation is 1. The molecule has 0 amide bonds. The fourth-order valence-electron chi connectivity index (χ4n) is 2.41. The van der Waals surface area contributed by atoms with Crippen molar-refractivity contribution in [3.8, 4) is 5.75 Å². The highest BCUT2D eigenvalue weighted by atomic mass is 16.5. The van der Waals surface area contributed by atoms with Crippen LogP contribution in [-0.4, -0.2) is 6.61 Å². The van der Waals surface area contributed by atoms with Crippen molar-refractivity contribution in [3.63, 3.8) is 0 Å². The summed E-state index contributed by atoms with van der Waals surface area (Å²) >= 11 is 0. The molecule has 0 spiro atoms. The predicted octanol–water partition coefficient (Wildman–Crippen LogP) is 4.63. The van der Waals surface area contributed by atoms with Crippen LogP contribution in [-0.2, 0) is 6.54 Å². The Balaban J connectivity index is 1.94. The minimum absolute atomic E-state index is 0.400. The third-order valence-corrected chi connectivity index (χ3v) is 3.67. The Morgan fingerprint density at radius 1 is 0.952 bits per heavy atom. The van der Waals surface area contributed by atoms with Crippen LogP contribution in [0.3, 0.4) is 0 Å². The van der Waals surface area contributed by atoms with Crippen LogP contribution in [0, 0.1) is 6.92 Å². The van der Waals surface area contributed by atoms with Crippen molar-refractivity contribution < 1.29 is 4.74 Å². The average molecular weight is 283 g/mol. The summed E-state index contributed by atoms with van der Waals surface area (Å²) in [5.74, 6) is 0.937. The molecule has 1 atom stereocenters. The topological polar surface area (TPSA) is 21.3 Å². The quantitative estimate of drug-likeness (QED) is 0.799. The highest BCUT2D eigenvalue weighted by Crippen LogP contribution is 2.18. The summed E-state index contributed by atoms with van der Waals surface area (Å²) in [6.45, 7) is 7.93. The molecule has 21 heavy (non-hydrogen) atoms. The van der Waals surface area contributed by atoms with Gasteiger partial charge in [0.25, 0.3) is 0 Å². The molecule has 0 fully saturated rings. The van der Waals surface area contributed by atoms with E-state index in [0.717, 1.165) is 18.7 Å². The minimum Gasteiger partial charge on any atom is -0.494 e. The van der Waals surface area contributed by atoms with Crippen molar-refractivity contribution in [1.82, 2.24) is 5.32 Å². The normalized spacial score (nSPS) is 12.1. The van der Waals surface area contributed by atoms with E-state index in [4.69, 9.17) is 4.74 Å². The molecule has 1 unspecified atom stereocenters. The SMILES string of the molecule is CCOc1ccc(CNC(CC)c2ccc(C)cc2)cc1. The van der Waals surface area contributed by atoms with Gasteiger partial charge in [0, 0.05) is 12.6 Å². The van der Waals surface area contributed by atoms with Gasteiger partial charge in [-0.05, 0) is 43.5 Å². The van der Waals surface area contributed by atoms with Crippen molar-refractivity contribution >= 4 is 0 Å². The third-order valence-electron chi connectivity index (χ3n) is 3.67. The van der Waals surface area contributed by atoms with Gasteiger partial charge in [-0.15, -0.1) is 0 Å². The molecule has 0 aliphatic heterocycles. The molecular weight excluding hydrogens is 258 g/mol. The predicted molar refractivity (Wildman–Crippen MR) is 88.7 cm³/mol. The molecule has 0 radical (unpaired) electrons. The Morgan fingerprint density at radius 2 is 1.62 bits per heavy atom. The van der Waals surface area contributed by atoms with E-state index in [9.17, 15) is 0 Å². The van der Waals surface area contributed by atoms with Crippen molar-refractivity contribution in [2.45, 2.75) is 39.8 Å². The van der Waals surface area contributed by atoms with Gasteiger partial charge in [-0.1, -0.05) is 48.9 Å². The third kappa shape index (κ3) is 4.61.